The van der Waals surface area contributed by atoms with Crippen LogP contribution in [0.2, 0.25) is 0 Å². The van der Waals surface area contributed by atoms with E-state index in [1.54, 1.807) is 0 Å². The third-order valence-corrected chi connectivity index (χ3v) is 1.30. The van der Waals surface area contributed by atoms with Crippen molar-refractivity contribution in [3.8, 4) is 5.75 Å². The molecular weight excluding hydrogens is 138 g/mol. The van der Waals surface area contributed by atoms with E-state index in [1.165, 1.54) is 0 Å². The second-order valence-corrected chi connectivity index (χ2v) is 2.23. The SMILES string of the molecule is NCCCOc1c[c]ccc1. The van der Waals surface area contributed by atoms with Crippen molar-refractivity contribution in [2.75, 3.05) is 13.2 Å². The van der Waals surface area contributed by atoms with Crippen molar-refractivity contribution < 1.29 is 4.74 Å². The molecule has 0 unspecified atom stereocenters. The Bertz CT molecular complexity index is 186. The smallest absolute Gasteiger partial charge is 0.119 e. The van der Waals surface area contributed by atoms with Gasteiger partial charge in [0.05, 0.1) is 6.61 Å². The summed E-state index contributed by atoms with van der Waals surface area (Å²) < 4.78 is 5.34. The first-order valence-electron chi connectivity index (χ1n) is 3.72. The fraction of sp³-hybridized carbons (Fsp3) is 0.333. The van der Waals surface area contributed by atoms with Crippen LogP contribution in [0.15, 0.2) is 24.3 Å². The molecule has 0 fully saturated rings. The summed E-state index contributed by atoms with van der Waals surface area (Å²) >= 11 is 0. The van der Waals surface area contributed by atoms with E-state index in [4.69, 9.17) is 10.5 Å². The van der Waals surface area contributed by atoms with Crippen molar-refractivity contribution in [1.82, 2.24) is 0 Å². The molecule has 0 spiro atoms. The summed E-state index contributed by atoms with van der Waals surface area (Å²) in [5, 5.41) is 0. The second-order valence-electron chi connectivity index (χ2n) is 2.23. The topological polar surface area (TPSA) is 35.2 Å². The number of rotatable bonds is 4. The molecule has 2 nitrogen and oxygen atoms in total. The van der Waals surface area contributed by atoms with Gasteiger partial charge in [0, 0.05) is 0 Å². The van der Waals surface area contributed by atoms with Crippen molar-refractivity contribution in [3.05, 3.63) is 30.3 Å². The normalized spacial score (nSPS) is 9.55. The highest BCUT2D eigenvalue weighted by Gasteiger charge is 1.88. The quantitative estimate of drug-likeness (QED) is 0.655. The molecule has 59 valence electrons. The van der Waals surface area contributed by atoms with E-state index in [0.717, 1.165) is 12.2 Å². The highest BCUT2D eigenvalue weighted by molar-refractivity contribution is 5.19. The molecule has 0 aliphatic carbocycles. The van der Waals surface area contributed by atoms with Crippen LogP contribution in [0.3, 0.4) is 0 Å². The van der Waals surface area contributed by atoms with E-state index in [0.29, 0.717) is 13.2 Å². The average Bonchev–Trinajstić information content (AvgIpc) is 2.07. The van der Waals surface area contributed by atoms with Crippen LogP contribution in [0.5, 0.6) is 5.75 Å². The highest BCUT2D eigenvalue weighted by Crippen LogP contribution is 2.07. The van der Waals surface area contributed by atoms with Crippen molar-refractivity contribution in [2.24, 2.45) is 5.73 Å². The number of benzene rings is 1. The monoisotopic (exact) mass is 150 g/mol. The van der Waals surface area contributed by atoms with Gasteiger partial charge in [0.25, 0.3) is 0 Å². The van der Waals surface area contributed by atoms with Gasteiger partial charge in [0.15, 0.2) is 0 Å². The van der Waals surface area contributed by atoms with Crippen molar-refractivity contribution in [3.63, 3.8) is 0 Å². The van der Waals surface area contributed by atoms with E-state index in [2.05, 4.69) is 6.07 Å². The van der Waals surface area contributed by atoms with E-state index < -0.39 is 0 Å². The van der Waals surface area contributed by atoms with E-state index >= 15 is 0 Å². The summed E-state index contributed by atoms with van der Waals surface area (Å²) in [7, 11) is 0. The van der Waals surface area contributed by atoms with Gasteiger partial charge in [-0.05, 0) is 31.2 Å². The molecule has 1 rings (SSSR count). The molecule has 0 heterocycles. The third-order valence-electron chi connectivity index (χ3n) is 1.30. The Hall–Kier alpha value is -1.02. The average molecular weight is 150 g/mol. The first kappa shape index (κ1) is 8.08. The first-order chi connectivity index (χ1) is 5.43. The minimum absolute atomic E-state index is 0.677. The van der Waals surface area contributed by atoms with Crippen LogP contribution in [-0.2, 0) is 0 Å². The number of ether oxygens (including phenoxy) is 1. The highest BCUT2D eigenvalue weighted by atomic mass is 16.5. The Kier molecular flexibility index (Phi) is 3.48. The van der Waals surface area contributed by atoms with Crippen molar-refractivity contribution >= 4 is 0 Å². The predicted octanol–water partition coefficient (Wildman–Crippen LogP) is 1.21. The molecule has 1 radical (unpaired) electrons. The number of nitrogens with two attached hydrogens (primary N) is 1. The van der Waals surface area contributed by atoms with Gasteiger partial charge in [-0.15, -0.1) is 0 Å². The summed E-state index contributed by atoms with van der Waals surface area (Å²) in [5.41, 5.74) is 5.30. The maximum atomic E-state index is 5.34. The molecule has 1 aromatic rings. The molecule has 0 bridgehead atoms. The first-order valence-corrected chi connectivity index (χ1v) is 3.72. The largest absolute Gasteiger partial charge is 0.494 e. The molecule has 0 saturated heterocycles. The maximum Gasteiger partial charge on any atom is 0.119 e. The zero-order valence-electron chi connectivity index (χ0n) is 6.42. The molecule has 11 heavy (non-hydrogen) atoms. The number of hydrogen-bond acceptors (Lipinski definition) is 2. The zero-order chi connectivity index (χ0) is 7.94. The fourth-order valence-corrected chi connectivity index (χ4v) is 0.740. The van der Waals surface area contributed by atoms with Crippen molar-refractivity contribution in [2.45, 2.75) is 6.42 Å². The molecule has 0 saturated carbocycles. The maximum absolute atomic E-state index is 5.34. The van der Waals surface area contributed by atoms with Crippen LogP contribution in [0.25, 0.3) is 0 Å². The Labute approximate surface area is 67.0 Å². The van der Waals surface area contributed by atoms with Gasteiger partial charge in [0.2, 0.25) is 0 Å². The summed E-state index contributed by atoms with van der Waals surface area (Å²) in [4.78, 5) is 0. The molecule has 2 N–H and O–H groups in total. The van der Waals surface area contributed by atoms with E-state index in [-0.39, 0.29) is 0 Å². The molecule has 0 atom stereocenters. The molecule has 1 aromatic carbocycles. The van der Waals surface area contributed by atoms with Gasteiger partial charge < -0.3 is 10.5 Å². The Morgan fingerprint density at radius 2 is 2.45 bits per heavy atom. The predicted molar refractivity (Wildman–Crippen MR) is 44.4 cm³/mol. The standard InChI is InChI=1S/C9H12NO/c10-7-4-8-11-9-5-2-1-3-6-9/h1-2,5-6H,4,7-8,10H2. The lowest BCUT2D eigenvalue weighted by molar-refractivity contribution is 0.313. The van der Waals surface area contributed by atoms with E-state index in [9.17, 15) is 0 Å². The molecule has 0 aromatic heterocycles. The van der Waals surface area contributed by atoms with Gasteiger partial charge >= 0.3 is 0 Å². The molecule has 2 heteroatoms. The lowest BCUT2D eigenvalue weighted by Crippen LogP contribution is -2.05. The van der Waals surface area contributed by atoms with Gasteiger partial charge in [-0.3, -0.25) is 0 Å². The van der Waals surface area contributed by atoms with Gasteiger partial charge in [-0.1, -0.05) is 12.1 Å². The number of hydrogen-bond donors (Lipinski definition) is 1. The molecule has 0 aliphatic heterocycles. The minimum atomic E-state index is 0.677. The van der Waals surface area contributed by atoms with Crippen LogP contribution in [0.1, 0.15) is 6.42 Å². The zero-order valence-corrected chi connectivity index (χ0v) is 6.42. The molecule has 0 aliphatic rings. The van der Waals surface area contributed by atoms with Gasteiger partial charge in [-0.2, -0.15) is 0 Å². The fourth-order valence-electron chi connectivity index (χ4n) is 0.740. The lowest BCUT2D eigenvalue weighted by Gasteiger charge is -2.02. The summed E-state index contributed by atoms with van der Waals surface area (Å²) in [6.45, 7) is 1.37. The van der Waals surface area contributed by atoms with Crippen LogP contribution in [0, 0.1) is 6.07 Å². The Balaban J connectivity index is 2.28. The summed E-state index contributed by atoms with van der Waals surface area (Å²) in [6.07, 6.45) is 0.898. The lowest BCUT2D eigenvalue weighted by atomic mass is 10.3. The van der Waals surface area contributed by atoms with Gasteiger partial charge in [-0.25, -0.2) is 0 Å². The summed E-state index contributed by atoms with van der Waals surface area (Å²) in [5.74, 6) is 0.862. The Morgan fingerprint density at radius 3 is 3.09 bits per heavy atom. The van der Waals surface area contributed by atoms with Gasteiger partial charge in [0.1, 0.15) is 5.75 Å². The van der Waals surface area contributed by atoms with Crippen LogP contribution in [0.4, 0.5) is 0 Å². The van der Waals surface area contributed by atoms with Crippen LogP contribution in [-0.4, -0.2) is 13.2 Å². The second kappa shape index (κ2) is 4.74. The van der Waals surface area contributed by atoms with Crippen LogP contribution < -0.4 is 10.5 Å². The van der Waals surface area contributed by atoms with Crippen LogP contribution >= 0.6 is 0 Å². The Morgan fingerprint density at radius 1 is 1.55 bits per heavy atom. The molecular formula is C9H12NO. The third kappa shape index (κ3) is 3.05. The molecule has 0 amide bonds. The summed E-state index contributed by atoms with van der Waals surface area (Å²) in [6, 6.07) is 10.4. The van der Waals surface area contributed by atoms with E-state index in [1.807, 2.05) is 24.3 Å². The van der Waals surface area contributed by atoms with Crippen molar-refractivity contribution in [1.29, 1.82) is 0 Å². The minimum Gasteiger partial charge on any atom is -0.494 e.